The molecule has 104 valence electrons. The van der Waals surface area contributed by atoms with Crippen LogP contribution in [0.2, 0.25) is 0 Å². The molecule has 0 aliphatic rings. The molecule has 6 heteroatoms. The Morgan fingerprint density at radius 1 is 1.22 bits per heavy atom. The van der Waals surface area contributed by atoms with Gasteiger partial charge in [0.05, 0.1) is 0 Å². The van der Waals surface area contributed by atoms with Gasteiger partial charge in [0.15, 0.2) is 0 Å². The number of ether oxygens (including phenoxy) is 1. The van der Waals surface area contributed by atoms with Crippen molar-refractivity contribution in [3.63, 3.8) is 0 Å². The third-order valence-corrected chi connectivity index (χ3v) is 3.51. The minimum Gasteiger partial charge on any atom is -0.468 e. The summed E-state index contributed by atoms with van der Waals surface area (Å²) in [7, 11) is 0. The second kappa shape index (κ2) is 9.24. The first kappa shape index (κ1) is 15.3. The number of nitrogens with zero attached hydrogens (tertiary/aromatic N) is 3. The Kier molecular flexibility index (Phi) is 7.88. The Labute approximate surface area is 114 Å². The number of nitrogens with one attached hydrogen (secondary N) is 1. The van der Waals surface area contributed by atoms with E-state index >= 15 is 0 Å². The molecule has 5 nitrogen and oxygen atoms in total. The van der Waals surface area contributed by atoms with Crippen molar-refractivity contribution in [1.29, 1.82) is 0 Å². The molecule has 0 aromatic carbocycles. The third-order valence-electron chi connectivity index (χ3n) is 2.68. The van der Waals surface area contributed by atoms with Crippen LogP contribution >= 0.6 is 11.3 Å². The Morgan fingerprint density at radius 3 is 2.67 bits per heavy atom. The van der Waals surface area contributed by atoms with Gasteiger partial charge in [0.25, 0.3) is 5.19 Å². The molecule has 1 N–H and O–H groups in total. The fourth-order valence-electron chi connectivity index (χ4n) is 1.54. The van der Waals surface area contributed by atoms with Crippen LogP contribution in [0.4, 0.5) is 0 Å². The summed E-state index contributed by atoms with van der Waals surface area (Å²) in [4.78, 5) is 2.32. The Balaban J connectivity index is 2.22. The van der Waals surface area contributed by atoms with E-state index in [0.29, 0.717) is 11.8 Å². The van der Waals surface area contributed by atoms with Crippen molar-refractivity contribution in [2.75, 3.05) is 32.8 Å². The van der Waals surface area contributed by atoms with Crippen molar-refractivity contribution < 1.29 is 4.74 Å². The van der Waals surface area contributed by atoms with Crippen LogP contribution in [0, 0.1) is 0 Å². The topological polar surface area (TPSA) is 50.3 Å². The van der Waals surface area contributed by atoms with Crippen LogP contribution in [-0.4, -0.2) is 47.9 Å². The van der Waals surface area contributed by atoms with Gasteiger partial charge in [-0.2, -0.15) is 0 Å². The Hall–Kier alpha value is -0.720. The molecule has 0 radical (unpaired) electrons. The largest absolute Gasteiger partial charge is 0.468 e. The van der Waals surface area contributed by atoms with Crippen molar-refractivity contribution in [1.82, 2.24) is 20.4 Å². The summed E-state index contributed by atoms with van der Waals surface area (Å²) < 4.78 is 5.60. The van der Waals surface area contributed by atoms with Gasteiger partial charge >= 0.3 is 0 Å². The molecule has 1 aromatic heterocycles. The molecule has 0 aliphatic heterocycles. The molecule has 0 aliphatic carbocycles. The highest BCUT2D eigenvalue weighted by atomic mass is 32.1. The summed E-state index contributed by atoms with van der Waals surface area (Å²) in [5, 5.41) is 13.1. The van der Waals surface area contributed by atoms with Gasteiger partial charge in [0.2, 0.25) is 0 Å². The van der Waals surface area contributed by atoms with E-state index in [4.69, 9.17) is 4.74 Å². The number of rotatable bonds is 10. The molecule has 18 heavy (non-hydrogen) atoms. The smallest absolute Gasteiger partial charge is 0.294 e. The maximum atomic E-state index is 5.60. The third kappa shape index (κ3) is 5.75. The van der Waals surface area contributed by atoms with E-state index in [-0.39, 0.29) is 0 Å². The molecule has 1 rings (SSSR count). The zero-order valence-electron chi connectivity index (χ0n) is 11.6. The van der Waals surface area contributed by atoms with Crippen LogP contribution in [0.1, 0.15) is 32.2 Å². The number of hydrogen-bond donors (Lipinski definition) is 1. The average Bonchev–Trinajstić information content (AvgIpc) is 2.83. The van der Waals surface area contributed by atoms with Gasteiger partial charge in [0, 0.05) is 13.1 Å². The molecule has 0 atom stereocenters. The second-order valence-corrected chi connectivity index (χ2v) is 5.04. The number of likely N-dealkylation sites (N-methyl/N-ethyl adjacent to an activating group) is 1. The van der Waals surface area contributed by atoms with Crippen LogP contribution < -0.4 is 10.1 Å². The Morgan fingerprint density at radius 2 is 2.00 bits per heavy atom. The Bertz CT molecular complexity index is 315. The van der Waals surface area contributed by atoms with E-state index in [1.165, 1.54) is 11.3 Å². The molecular formula is C12H24N4OS. The quantitative estimate of drug-likeness (QED) is 0.658. The van der Waals surface area contributed by atoms with E-state index in [1.807, 2.05) is 0 Å². The SMILES string of the molecule is CCCNCc1nnc(OCCN(CC)CC)s1. The number of aromatic nitrogens is 2. The molecule has 0 spiro atoms. The van der Waals surface area contributed by atoms with Gasteiger partial charge in [-0.3, -0.25) is 0 Å². The van der Waals surface area contributed by atoms with Gasteiger partial charge in [-0.25, -0.2) is 0 Å². The average molecular weight is 272 g/mol. The van der Waals surface area contributed by atoms with Crippen molar-refractivity contribution in [2.24, 2.45) is 0 Å². The lowest BCUT2D eigenvalue weighted by Crippen LogP contribution is -2.27. The molecule has 0 saturated heterocycles. The van der Waals surface area contributed by atoms with Crippen molar-refractivity contribution in [3.8, 4) is 5.19 Å². The first-order valence-electron chi connectivity index (χ1n) is 6.68. The van der Waals surface area contributed by atoms with Crippen LogP contribution in [-0.2, 0) is 6.54 Å². The summed E-state index contributed by atoms with van der Waals surface area (Å²) in [6.45, 7) is 12.0. The van der Waals surface area contributed by atoms with E-state index in [1.54, 1.807) is 0 Å². The fraction of sp³-hybridized carbons (Fsp3) is 0.833. The highest BCUT2D eigenvalue weighted by molar-refractivity contribution is 7.13. The van der Waals surface area contributed by atoms with E-state index in [9.17, 15) is 0 Å². The molecule has 0 saturated carbocycles. The first-order valence-corrected chi connectivity index (χ1v) is 7.50. The second-order valence-electron chi connectivity index (χ2n) is 4.01. The zero-order chi connectivity index (χ0) is 13.2. The number of hydrogen-bond acceptors (Lipinski definition) is 6. The molecule has 0 bridgehead atoms. The fourth-order valence-corrected chi connectivity index (χ4v) is 2.22. The van der Waals surface area contributed by atoms with Gasteiger partial charge in [-0.1, -0.05) is 32.1 Å². The monoisotopic (exact) mass is 272 g/mol. The molecule has 1 aromatic rings. The molecule has 0 amide bonds. The summed E-state index contributed by atoms with van der Waals surface area (Å²) in [5.74, 6) is 0. The normalized spacial score (nSPS) is 11.1. The lowest BCUT2D eigenvalue weighted by Gasteiger charge is -2.16. The van der Waals surface area contributed by atoms with Crippen LogP contribution in [0.5, 0.6) is 5.19 Å². The van der Waals surface area contributed by atoms with Crippen molar-refractivity contribution in [2.45, 2.75) is 33.7 Å². The van der Waals surface area contributed by atoms with Crippen LogP contribution in [0.3, 0.4) is 0 Å². The predicted molar refractivity (Wildman–Crippen MR) is 75.2 cm³/mol. The van der Waals surface area contributed by atoms with Gasteiger partial charge in [-0.15, -0.1) is 10.2 Å². The van der Waals surface area contributed by atoms with Crippen LogP contribution in [0.25, 0.3) is 0 Å². The highest BCUT2D eigenvalue weighted by Crippen LogP contribution is 2.17. The molecule has 0 unspecified atom stereocenters. The van der Waals surface area contributed by atoms with Crippen molar-refractivity contribution in [3.05, 3.63) is 5.01 Å². The predicted octanol–water partition coefficient (Wildman–Crippen LogP) is 1.76. The summed E-state index contributed by atoms with van der Waals surface area (Å²) in [6, 6.07) is 0. The van der Waals surface area contributed by atoms with E-state index in [2.05, 4.69) is 41.2 Å². The minimum absolute atomic E-state index is 0.676. The summed E-state index contributed by atoms with van der Waals surface area (Å²) in [5.41, 5.74) is 0. The first-order chi connectivity index (χ1) is 8.80. The van der Waals surface area contributed by atoms with Gasteiger partial charge < -0.3 is 15.0 Å². The molecule has 0 fully saturated rings. The maximum absolute atomic E-state index is 5.60. The van der Waals surface area contributed by atoms with Gasteiger partial charge in [0.1, 0.15) is 11.6 Å². The standard InChI is InChI=1S/C12H24N4OS/c1-4-7-13-10-11-14-15-12(18-11)17-9-8-16(5-2)6-3/h13H,4-10H2,1-3H3. The summed E-state index contributed by atoms with van der Waals surface area (Å²) in [6.07, 6.45) is 1.13. The maximum Gasteiger partial charge on any atom is 0.294 e. The van der Waals surface area contributed by atoms with Crippen molar-refractivity contribution >= 4 is 11.3 Å². The molecule has 1 heterocycles. The lowest BCUT2D eigenvalue weighted by atomic mass is 10.5. The lowest BCUT2D eigenvalue weighted by molar-refractivity contribution is 0.221. The highest BCUT2D eigenvalue weighted by Gasteiger charge is 2.05. The van der Waals surface area contributed by atoms with E-state index in [0.717, 1.165) is 44.2 Å². The molecular weight excluding hydrogens is 248 g/mol. The zero-order valence-corrected chi connectivity index (χ0v) is 12.4. The summed E-state index contributed by atoms with van der Waals surface area (Å²) >= 11 is 1.52. The van der Waals surface area contributed by atoms with E-state index < -0.39 is 0 Å². The minimum atomic E-state index is 0.676. The van der Waals surface area contributed by atoms with Crippen LogP contribution in [0.15, 0.2) is 0 Å². The van der Waals surface area contributed by atoms with Gasteiger partial charge in [-0.05, 0) is 26.1 Å².